The first-order valence-corrected chi connectivity index (χ1v) is 11.6. The SMILES string of the molecule is COc1ccc(S(=O)(=O)NC(C(=O)OCc2ccccc2)(C(C)C)C(C)(C)C(N)=O)cc1. The maximum Gasteiger partial charge on any atom is 0.329 e. The number of hydrogen-bond donors (Lipinski definition) is 2. The Morgan fingerprint density at radius 1 is 1.03 bits per heavy atom. The molecule has 174 valence electrons. The molecule has 0 fully saturated rings. The van der Waals surface area contributed by atoms with Crippen LogP contribution in [0.3, 0.4) is 0 Å². The normalized spacial score (nSPS) is 13.9. The molecule has 2 aromatic carbocycles. The van der Waals surface area contributed by atoms with Crippen molar-refractivity contribution in [3.63, 3.8) is 0 Å². The molecular weight excluding hydrogens is 432 g/mol. The van der Waals surface area contributed by atoms with Gasteiger partial charge in [0.2, 0.25) is 15.9 Å². The van der Waals surface area contributed by atoms with Crippen LogP contribution in [0.1, 0.15) is 33.3 Å². The molecule has 2 rings (SSSR count). The van der Waals surface area contributed by atoms with Crippen molar-refractivity contribution in [2.45, 2.75) is 44.7 Å². The van der Waals surface area contributed by atoms with E-state index in [4.69, 9.17) is 15.2 Å². The largest absolute Gasteiger partial charge is 0.497 e. The summed E-state index contributed by atoms with van der Waals surface area (Å²) in [6.07, 6.45) is 0. The van der Waals surface area contributed by atoms with Gasteiger partial charge in [-0.05, 0) is 49.6 Å². The third-order valence-corrected chi connectivity index (χ3v) is 7.15. The predicted octanol–water partition coefficient (Wildman–Crippen LogP) is 2.62. The molecule has 0 spiro atoms. The zero-order valence-electron chi connectivity index (χ0n) is 18.9. The standard InChI is InChI=1S/C23H30N2O6S/c1-16(2)23(22(3,4)20(24)26,21(27)31-15-17-9-7-6-8-10-17)25-32(28,29)19-13-11-18(30-5)12-14-19/h6-14,16,25H,15H2,1-5H3,(H2,24,26). The Morgan fingerprint density at radius 2 is 1.59 bits per heavy atom. The number of sulfonamides is 1. The lowest BCUT2D eigenvalue weighted by Gasteiger charge is -2.45. The van der Waals surface area contributed by atoms with E-state index in [2.05, 4.69) is 4.72 Å². The first kappa shape index (κ1) is 25.4. The van der Waals surface area contributed by atoms with Gasteiger partial charge < -0.3 is 15.2 Å². The van der Waals surface area contributed by atoms with Crippen LogP contribution in [-0.2, 0) is 31.0 Å². The van der Waals surface area contributed by atoms with Crippen LogP contribution in [0.25, 0.3) is 0 Å². The van der Waals surface area contributed by atoms with Crippen molar-refractivity contribution in [2.24, 2.45) is 17.1 Å². The van der Waals surface area contributed by atoms with Gasteiger partial charge in [-0.2, -0.15) is 4.72 Å². The number of nitrogens with two attached hydrogens (primary N) is 1. The number of nitrogens with one attached hydrogen (secondary N) is 1. The van der Waals surface area contributed by atoms with Gasteiger partial charge in [0.25, 0.3) is 0 Å². The number of esters is 1. The molecule has 0 aromatic heterocycles. The first-order valence-electron chi connectivity index (χ1n) is 10.1. The average molecular weight is 463 g/mol. The number of amides is 1. The van der Waals surface area contributed by atoms with Crippen LogP contribution in [0, 0.1) is 11.3 Å². The molecule has 0 heterocycles. The Bertz CT molecular complexity index is 1050. The predicted molar refractivity (Wildman–Crippen MR) is 120 cm³/mol. The minimum Gasteiger partial charge on any atom is -0.497 e. The quantitative estimate of drug-likeness (QED) is 0.523. The third kappa shape index (κ3) is 4.94. The number of methoxy groups -OCH3 is 1. The number of benzene rings is 2. The summed E-state index contributed by atoms with van der Waals surface area (Å²) in [6, 6.07) is 14.6. The summed E-state index contributed by atoms with van der Waals surface area (Å²) in [5.41, 5.74) is 2.77. The number of ether oxygens (including phenoxy) is 2. The van der Waals surface area contributed by atoms with Gasteiger partial charge in [0.05, 0.1) is 17.4 Å². The Hall–Kier alpha value is -2.91. The molecule has 2 aromatic rings. The molecule has 9 heteroatoms. The maximum atomic E-state index is 13.5. The molecule has 0 saturated carbocycles. The van der Waals surface area contributed by atoms with Crippen LogP contribution in [0.15, 0.2) is 59.5 Å². The van der Waals surface area contributed by atoms with E-state index in [1.165, 1.54) is 45.2 Å². The molecule has 8 nitrogen and oxygen atoms in total. The summed E-state index contributed by atoms with van der Waals surface area (Å²) in [4.78, 5) is 25.8. The molecule has 1 amide bonds. The number of primary amides is 1. The van der Waals surface area contributed by atoms with Crippen molar-refractivity contribution >= 4 is 21.9 Å². The maximum absolute atomic E-state index is 13.5. The van der Waals surface area contributed by atoms with E-state index < -0.39 is 38.8 Å². The van der Waals surface area contributed by atoms with Crippen LogP contribution < -0.4 is 15.2 Å². The second-order valence-corrected chi connectivity index (χ2v) is 9.98. The fourth-order valence-corrected chi connectivity index (χ4v) is 5.17. The molecule has 0 aliphatic carbocycles. The molecular formula is C23H30N2O6S. The fraction of sp³-hybridized carbons (Fsp3) is 0.391. The smallest absolute Gasteiger partial charge is 0.329 e. The highest BCUT2D eigenvalue weighted by Gasteiger charge is 2.60. The van der Waals surface area contributed by atoms with Crippen LogP contribution in [0.2, 0.25) is 0 Å². The second kappa shape index (κ2) is 9.70. The summed E-state index contributed by atoms with van der Waals surface area (Å²) in [7, 11) is -2.78. The molecule has 1 atom stereocenters. The third-order valence-electron chi connectivity index (χ3n) is 5.67. The average Bonchev–Trinajstić information content (AvgIpc) is 2.76. The minimum absolute atomic E-state index is 0.0900. The van der Waals surface area contributed by atoms with Gasteiger partial charge >= 0.3 is 5.97 Å². The van der Waals surface area contributed by atoms with Crippen LogP contribution in [0.4, 0.5) is 0 Å². The van der Waals surface area contributed by atoms with Gasteiger partial charge in [0, 0.05) is 0 Å². The van der Waals surface area contributed by atoms with Crippen molar-refractivity contribution in [1.82, 2.24) is 4.72 Å². The van der Waals surface area contributed by atoms with Crippen molar-refractivity contribution < 1.29 is 27.5 Å². The zero-order valence-corrected chi connectivity index (χ0v) is 19.7. The van der Waals surface area contributed by atoms with Gasteiger partial charge in [-0.3, -0.25) is 4.79 Å². The molecule has 0 aliphatic rings. The van der Waals surface area contributed by atoms with E-state index >= 15 is 0 Å². The molecule has 1 unspecified atom stereocenters. The van der Waals surface area contributed by atoms with Gasteiger partial charge in [0.1, 0.15) is 17.9 Å². The van der Waals surface area contributed by atoms with Crippen LogP contribution in [-0.4, -0.2) is 32.9 Å². The van der Waals surface area contributed by atoms with E-state index in [1.54, 1.807) is 38.1 Å². The molecule has 3 N–H and O–H groups in total. The Morgan fingerprint density at radius 3 is 2.06 bits per heavy atom. The highest BCUT2D eigenvalue weighted by molar-refractivity contribution is 7.89. The second-order valence-electron chi connectivity index (χ2n) is 8.29. The highest BCUT2D eigenvalue weighted by Crippen LogP contribution is 2.40. The summed E-state index contributed by atoms with van der Waals surface area (Å²) < 4.78 is 39.6. The topological polar surface area (TPSA) is 125 Å². The summed E-state index contributed by atoms with van der Waals surface area (Å²) in [5.74, 6) is -1.95. The van der Waals surface area contributed by atoms with Crippen molar-refractivity contribution in [1.29, 1.82) is 0 Å². The molecule has 32 heavy (non-hydrogen) atoms. The first-order chi connectivity index (χ1) is 14.9. The van der Waals surface area contributed by atoms with Gasteiger partial charge in [-0.1, -0.05) is 44.2 Å². The highest BCUT2D eigenvalue weighted by atomic mass is 32.2. The van der Waals surface area contributed by atoms with Crippen LogP contribution in [0.5, 0.6) is 5.75 Å². The molecule has 0 aliphatic heterocycles. The number of rotatable bonds is 10. The van der Waals surface area contributed by atoms with Crippen molar-refractivity contribution in [3.8, 4) is 5.75 Å². The Balaban J connectivity index is 2.53. The summed E-state index contributed by atoms with van der Waals surface area (Å²) in [6.45, 7) is 6.02. The summed E-state index contributed by atoms with van der Waals surface area (Å²) in [5, 5.41) is 0. The lowest BCUT2D eigenvalue weighted by atomic mass is 9.66. The van der Waals surface area contributed by atoms with Gasteiger partial charge in [0.15, 0.2) is 0 Å². The molecule has 0 saturated heterocycles. The molecule has 0 radical (unpaired) electrons. The van der Waals surface area contributed by atoms with Gasteiger partial charge in [-0.25, -0.2) is 13.2 Å². The van der Waals surface area contributed by atoms with E-state index in [0.717, 1.165) is 0 Å². The van der Waals surface area contributed by atoms with E-state index in [-0.39, 0.29) is 11.5 Å². The molecule has 0 bridgehead atoms. The van der Waals surface area contributed by atoms with Crippen molar-refractivity contribution in [2.75, 3.05) is 7.11 Å². The Labute approximate surface area is 189 Å². The zero-order chi connectivity index (χ0) is 24.2. The van der Waals surface area contributed by atoms with E-state index in [0.29, 0.717) is 11.3 Å². The van der Waals surface area contributed by atoms with Crippen molar-refractivity contribution in [3.05, 3.63) is 60.2 Å². The van der Waals surface area contributed by atoms with Crippen LogP contribution >= 0.6 is 0 Å². The monoisotopic (exact) mass is 462 g/mol. The number of carbonyl (C=O) groups excluding carboxylic acids is 2. The van der Waals surface area contributed by atoms with Gasteiger partial charge in [-0.15, -0.1) is 0 Å². The van der Waals surface area contributed by atoms with E-state index in [1.807, 2.05) is 6.07 Å². The number of hydrogen-bond acceptors (Lipinski definition) is 6. The lowest BCUT2D eigenvalue weighted by Crippen LogP contribution is -2.69. The minimum atomic E-state index is -4.25. The lowest BCUT2D eigenvalue weighted by molar-refractivity contribution is -0.164. The number of carbonyl (C=O) groups is 2. The Kier molecular flexibility index (Phi) is 7.69. The van der Waals surface area contributed by atoms with E-state index in [9.17, 15) is 18.0 Å². The fourth-order valence-electron chi connectivity index (χ4n) is 3.56. The summed E-state index contributed by atoms with van der Waals surface area (Å²) >= 11 is 0.